The fourth-order valence-corrected chi connectivity index (χ4v) is 2.62. The summed E-state index contributed by atoms with van der Waals surface area (Å²) < 4.78 is 0. The lowest BCUT2D eigenvalue weighted by Crippen LogP contribution is -2.18. The van der Waals surface area contributed by atoms with Crippen LogP contribution in [0.4, 0.5) is 0 Å². The number of thiazole rings is 1. The summed E-state index contributed by atoms with van der Waals surface area (Å²) in [6.45, 7) is 4.43. The van der Waals surface area contributed by atoms with E-state index in [-0.39, 0.29) is 0 Å². The van der Waals surface area contributed by atoms with Gasteiger partial charge in [-0.3, -0.25) is 4.90 Å². The van der Waals surface area contributed by atoms with E-state index in [1.54, 1.807) is 11.3 Å². The Morgan fingerprint density at radius 1 is 1.50 bits per heavy atom. The Hall–Kier alpha value is -0.450. The molecule has 1 N–H and O–H groups in total. The van der Waals surface area contributed by atoms with Gasteiger partial charge < -0.3 is 5.32 Å². The van der Waals surface area contributed by atoms with Crippen LogP contribution in [0.5, 0.6) is 0 Å². The molecule has 0 bridgehead atoms. The fourth-order valence-electron chi connectivity index (χ4n) is 1.82. The molecule has 14 heavy (non-hydrogen) atoms. The molecule has 1 aliphatic heterocycles. The average Bonchev–Trinajstić information content (AvgIpc) is 2.79. The molecule has 4 heteroatoms. The summed E-state index contributed by atoms with van der Waals surface area (Å²) in [5.41, 5.74) is 1.24. The van der Waals surface area contributed by atoms with Crippen LogP contribution < -0.4 is 5.32 Å². The molecule has 0 saturated carbocycles. The van der Waals surface area contributed by atoms with E-state index in [0.717, 1.165) is 13.1 Å². The Bertz CT molecular complexity index is 279. The zero-order chi connectivity index (χ0) is 9.80. The summed E-state index contributed by atoms with van der Waals surface area (Å²) in [4.78, 5) is 7.06. The van der Waals surface area contributed by atoms with Crippen molar-refractivity contribution in [2.24, 2.45) is 0 Å². The van der Waals surface area contributed by atoms with E-state index in [4.69, 9.17) is 0 Å². The predicted octanol–water partition coefficient (Wildman–Crippen LogP) is 1.46. The first-order chi connectivity index (χ1) is 6.88. The maximum absolute atomic E-state index is 4.58. The van der Waals surface area contributed by atoms with Crippen LogP contribution in [0.25, 0.3) is 0 Å². The van der Waals surface area contributed by atoms with Gasteiger partial charge >= 0.3 is 0 Å². The molecule has 0 amide bonds. The monoisotopic (exact) mass is 211 g/mol. The molecule has 0 aliphatic carbocycles. The quantitative estimate of drug-likeness (QED) is 0.817. The number of rotatable bonds is 4. The second-order valence-electron chi connectivity index (χ2n) is 3.75. The lowest BCUT2D eigenvalue weighted by Gasteiger charge is -2.11. The summed E-state index contributed by atoms with van der Waals surface area (Å²) in [5, 5.41) is 6.51. The third-order valence-corrected chi connectivity index (χ3v) is 3.41. The van der Waals surface area contributed by atoms with Crippen molar-refractivity contribution in [3.05, 3.63) is 16.1 Å². The molecule has 1 aromatic rings. The van der Waals surface area contributed by atoms with Gasteiger partial charge in [-0.1, -0.05) is 0 Å². The van der Waals surface area contributed by atoms with Gasteiger partial charge in [0.1, 0.15) is 5.01 Å². The molecule has 1 saturated heterocycles. The molecule has 1 aromatic heterocycles. The van der Waals surface area contributed by atoms with Gasteiger partial charge in [-0.2, -0.15) is 0 Å². The van der Waals surface area contributed by atoms with Gasteiger partial charge in [-0.05, 0) is 33.0 Å². The highest BCUT2D eigenvalue weighted by Crippen LogP contribution is 2.15. The maximum Gasteiger partial charge on any atom is 0.107 e. The van der Waals surface area contributed by atoms with Crippen LogP contribution in [0.3, 0.4) is 0 Å². The van der Waals surface area contributed by atoms with E-state index >= 15 is 0 Å². The van der Waals surface area contributed by atoms with E-state index in [1.165, 1.54) is 36.6 Å². The van der Waals surface area contributed by atoms with Crippen molar-refractivity contribution in [1.29, 1.82) is 0 Å². The van der Waals surface area contributed by atoms with E-state index in [1.807, 2.05) is 7.05 Å². The van der Waals surface area contributed by atoms with Crippen molar-refractivity contribution in [2.75, 3.05) is 20.1 Å². The normalized spacial score (nSPS) is 17.8. The highest BCUT2D eigenvalue weighted by Gasteiger charge is 2.13. The minimum atomic E-state index is 0.894. The predicted molar refractivity (Wildman–Crippen MR) is 59.4 cm³/mol. The van der Waals surface area contributed by atoms with Crippen LogP contribution in [-0.2, 0) is 13.1 Å². The average molecular weight is 211 g/mol. The third kappa shape index (κ3) is 2.53. The largest absolute Gasteiger partial charge is 0.314 e. The van der Waals surface area contributed by atoms with E-state index in [0.29, 0.717) is 0 Å². The highest BCUT2D eigenvalue weighted by atomic mass is 32.1. The summed E-state index contributed by atoms with van der Waals surface area (Å²) in [6, 6.07) is 0. The molecule has 0 unspecified atom stereocenters. The van der Waals surface area contributed by atoms with Crippen LogP contribution >= 0.6 is 11.3 Å². The van der Waals surface area contributed by atoms with Gasteiger partial charge in [0.25, 0.3) is 0 Å². The van der Waals surface area contributed by atoms with Crippen molar-refractivity contribution < 1.29 is 0 Å². The smallest absolute Gasteiger partial charge is 0.107 e. The first kappa shape index (κ1) is 10.1. The van der Waals surface area contributed by atoms with Crippen molar-refractivity contribution in [3.8, 4) is 0 Å². The fraction of sp³-hybridized carbons (Fsp3) is 0.700. The Balaban J connectivity index is 1.88. The second kappa shape index (κ2) is 4.87. The lowest BCUT2D eigenvalue weighted by atomic mass is 10.4. The van der Waals surface area contributed by atoms with Crippen molar-refractivity contribution in [2.45, 2.75) is 25.9 Å². The van der Waals surface area contributed by atoms with Crippen LogP contribution in [0.1, 0.15) is 23.5 Å². The molecule has 3 nitrogen and oxygen atoms in total. The number of nitrogens with one attached hydrogen (secondary N) is 1. The van der Waals surface area contributed by atoms with Crippen LogP contribution in [0.2, 0.25) is 0 Å². The minimum Gasteiger partial charge on any atom is -0.314 e. The number of hydrogen-bond acceptors (Lipinski definition) is 4. The van der Waals surface area contributed by atoms with E-state index in [2.05, 4.69) is 20.6 Å². The summed E-state index contributed by atoms with van der Waals surface area (Å²) >= 11 is 1.76. The van der Waals surface area contributed by atoms with Crippen molar-refractivity contribution in [1.82, 2.24) is 15.2 Å². The molecule has 2 heterocycles. The molecule has 2 rings (SSSR count). The standard InChI is InChI=1S/C10H17N3S/c1-11-6-10-12-9(8-14-10)7-13-4-2-3-5-13/h8,11H,2-7H2,1H3. The van der Waals surface area contributed by atoms with Crippen LogP contribution in [0.15, 0.2) is 5.38 Å². The van der Waals surface area contributed by atoms with E-state index in [9.17, 15) is 0 Å². The van der Waals surface area contributed by atoms with Gasteiger partial charge in [0.15, 0.2) is 0 Å². The SMILES string of the molecule is CNCc1nc(CN2CCCC2)cs1. The zero-order valence-electron chi connectivity index (χ0n) is 8.62. The minimum absolute atomic E-state index is 0.894. The van der Waals surface area contributed by atoms with Crippen LogP contribution in [-0.4, -0.2) is 30.0 Å². The molecule has 0 atom stereocenters. The van der Waals surface area contributed by atoms with Gasteiger partial charge in [-0.15, -0.1) is 11.3 Å². The van der Waals surface area contributed by atoms with Gasteiger partial charge in [0.2, 0.25) is 0 Å². The second-order valence-corrected chi connectivity index (χ2v) is 4.69. The molecular weight excluding hydrogens is 194 g/mol. The molecular formula is C10H17N3S. The highest BCUT2D eigenvalue weighted by molar-refractivity contribution is 7.09. The number of nitrogens with zero attached hydrogens (tertiary/aromatic N) is 2. The number of hydrogen-bond donors (Lipinski definition) is 1. The first-order valence-corrected chi connectivity index (χ1v) is 6.06. The van der Waals surface area contributed by atoms with Gasteiger partial charge in [0, 0.05) is 18.5 Å². The van der Waals surface area contributed by atoms with Crippen LogP contribution in [0, 0.1) is 0 Å². The lowest BCUT2D eigenvalue weighted by molar-refractivity contribution is 0.327. The zero-order valence-corrected chi connectivity index (χ0v) is 9.44. The maximum atomic E-state index is 4.58. The van der Waals surface area contributed by atoms with Crippen molar-refractivity contribution >= 4 is 11.3 Å². The van der Waals surface area contributed by atoms with Crippen molar-refractivity contribution in [3.63, 3.8) is 0 Å². The van der Waals surface area contributed by atoms with Gasteiger partial charge in [-0.25, -0.2) is 4.98 Å². The number of likely N-dealkylation sites (tertiary alicyclic amines) is 1. The number of aromatic nitrogens is 1. The van der Waals surface area contributed by atoms with Gasteiger partial charge in [0.05, 0.1) is 5.69 Å². The topological polar surface area (TPSA) is 28.2 Å². The third-order valence-electron chi connectivity index (χ3n) is 2.51. The Kier molecular flexibility index (Phi) is 3.50. The molecule has 1 fully saturated rings. The Morgan fingerprint density at radius 2 is 2.29 bits per heavy atom. The molecule has 0 spiro atoms. The summed E-state index contributed by atoms with van der Waals surface area (Å²) in [7, 11) is 1.96. The summed E-state index contributed by atoms with van der Waals surface area (Å²) in [6.07, 6.45) is 2.71. The Labute approximate surface area is 89.1 Å². The molecule has 78 valence electrons. The Morgan fingerprint density at radius 3 is 3.00 bits per heavy atom. The van der Waals surface area contributed by atoms with E-state index < -0.39 is 0 Å². The molecule has 0 radical (unpaired) electrons. The summed E-state index contributed by atoms with van der Waals surface area (Å²) in [5.74, 6) is 0. The molecule has 1 aliphatic rings. The first-order valence-electron chi connectivity index (χ1n) is 5.19. The molecule has 0 aromatic carbocycles.